The van der Waals surface area contributed by atoms with Crippen molar-refractivity contribution in [2.75, 3.05) is 4.90 Å². The molecule has 0 amide bonds. The van der Waals surface area contributed by atoms with Crippen LogP contribution in [0.3, 0.4) is 0 Å². The maximum atomic E-state index is 6.06. The van der Waals surface area contributed by atoms with Crippen molar-refractivity contribution in [1.29, 1.82) is 0 Å². The lowest BCUT2D eigenvalue weighted by atomic mass is 9.44. The molecule has 0 radical (unpaired) electrons. The Morgan fingerprint density at radius 1 is 0.446 bits per heavy atom. The zero-order valence-corrected chi connectivity index (χ0v) is 46.0. The highest BCUT2D eigenvalue weighted by atomic mass is 15.2. The van der Waals surface area contributed by atoms with Gasteiger partial charge in [0.1, 0.15) is 5.82 Å². The lowest BCUT2D eigenvalue weighted by Crippen LogP contribution is -2.57. The topological polar surface area (TPSA) is 26.0 Å². The molecule has 2 aliphatic heterocycles. The van der Waals surface area contributed by atoms with Crippen molar-refractivity contribution in [3.8, 4) is 50.6 Å². The largest absolute Gasteiger partial charge is 0.375 e. The summed E-state index contributed by atoms with van der Waals surface area (Å²) in [7, 11) is 0. The van der Waals surface area contributed by atoms with Gasteiger partial charge in [-0.15, -0.1) is 0 Å². The zero-order chi connectivity index (χ0) is 52.0. The van der Waals surface area contributed by atoms with E-state index in [1.54, 1.807) is 0 Å². The molecule has 0 saturated heterocycles. The van der Waals surface area contributed by atoms with Crippen LogP contribution in [0, 0.1) is 13.8 Å². The summed E-state index contributed by atoms with van der Waals surface area (Å²) in [5.74, 6) is 0.961. The van der Waals surface area contributed by atoms with E-state index in [0.29, 0.717) is 0 Å². The summed E-state index contributed by atoms with van der Waals surface area (Å²) < 4.78 is 5.23. The molecule has 4 heterocycles. The Balaban J connectivity index is 1.33. The number of anilines is 3. The molecule has 0 aliphatic carbocycles. The number of aryl methyl sites for hydroxylation is 2. The van der Waals surface area contributed by atoms with Gasteiger partial charge in [0.25, 0.3) is 0 Å². The summed E-state index contributed by atoms with van der Waals surface area (Å²) in [6.45, 7) is 32.2. The Bertz CT molecular complexity index is 3840. The SMILES string of the molecule is Cc1cccc(C)c1-c1nc2c3c4c(cc2n1-c1ccc(C(C)(C)C)cc1)c(-c1ccccc1)c(-c1ccccc1)n4B1c2cc(C(C)(C)C)ccc2N(c2ccc(C(C)(C)C)cc2)c2cc(C(C)(C)C)cc-3c21. The molecule has 2 aromatic heterocycles. The first-order valence-corrected chi connectivity index (χ1v) is 26.7. The second-order valence-electron chi connectivity index (χ2n) is 25.4. The minimum atomic E-state index is -0.173. The van der Waals surface area contributed by atoms with Gasteiger partial charge in [0, 0.05) is 56.0 Å². The molecule has 10 aromatic rings. The fourth-order valence-corrected chi connectivity index (χ4v) is 12.1. The molecular weight excluding hydrogens is 896 g/mol. The van der Waals surface area contributed by atoms with E-state index in [1.807, 2.05) is 0 Å². The monoisotopic (exact) mass is 965 g/mol. The number of fused-ring (bicyclic) bond motifs is 6. The van der Waals surface area contributed by atoms with Crippen molar-refractivity contribution in [1.82, 2.24) is 14.0 Å². The number of hydrogen-bond acceptors (Lipinski definition) is 2. The van der Waals surface area contributed by atoms with Gasteiger partial charge in [0.05, 0.1) is 11.0 Å². The standard InChI is InChI=1S/C69H69BN4/c1-42-22-21-23-43(2)58(42)65-71-62-57(73(65)51-35-30-47(31-36-51)67(6,7)8)41-53-59(44-24-17-15-18-25-44)63(45-26-19-16-20-27-45)74-64(53)60(62)52-38-49(69(12,13)14)40-56-61(52)70(74)54-39-48(68(9,10)11)32-37-55(54)72(56)50-33-28-46(29-34-50)66(3,4)5/h15-41H,1-14H3. The molecule has 0 saturated carbocycles. The van der Waals surface area contributed by atoms with Crippen LogP contribution >= 0.6 is 0 Å². The summed E-state index contributed by atoms with van der Waals surface area (Å²) in [4.78, 5) is 8.64. The molecule has 0 unspecified atom stereocenters. The van der Waals surface area contributed by atoms with Crippen LogP contribution in [0.5, 0.6) is 0 Å². The van der Waals surface area contributed by atoms with Gasteiger partial charge in [0.2, 0.25) is 0 Å². The Kier molecular flexibility index (Phi) is 10.7. The molecule has 74 heavy (non-hydrogen) atoms. The molecule has 5 heteroatoms. The van der Waals surface area contributed by atoms with E-state index in [-0.39, 0.29) is 28.5 Å². The van der Waals surface area contributed by atoms with Gasteiger partial charge < -0.3 is 9.38 Å². The fraction of sp³-hybridized carbons (Fsp3) is 0.261. The first kappa shape index (κ1) is 47.6. The number of rotatable bonds is 5. The van der Waals surface area contributed by atoms with Gasteiger partial charge in [-0.1, -0.05) is 204 Å². The van der Waals surface area contributed by atoms with E-state index in [9.17, 15) is 0 Å². The molecule has 4 nitrogen and oxygen atoms in total. The predicted molar refractivity (Wildman–Crippen MR) is 318 cm³/mol. The number of aromatic nitrogens is 3. The second-order valence-corrected chi connectivity index (χ2v) is 25.4. The van der Waals surface area contributed by atoms with Crippen LogP contribution in [0.25, 0.3) is 72.5 Å². The van der Waals surface area contributed by atoms with Gasteiger partial charge in [-0.3, -0.25) is 4.57 Å². The van der Waals surface area contributed by atoms with Crippen LogP contribution in [0.2, 0.25) is 0 Å². The number of nitrogens with zero attached hydrogens (tertiary/aromatic N) is 4. The summed E-state index contributed by atoms with van der Waals surface area (Å²) in [6.07, 6.45) is 0. The highest BCUT2D eigenvalue weighted by molar-refractivity contribution is 6.90. The van der Waals surface area contributed by atoms with Crippen molar-refractivity contribution in [3.05, 3.63) is 197 Å². The minimum Gasteiger partial charge on any atom is -0.375 e. The normalized spacial score (nSPS) is 13.5. The minimum absolute atomic E-state index is 0.00508. The lowest BCUT2D eigenvalue weighted by Gasteiger charge is -2.42. The van der Waals surface area contributed by atoms with Crippen LogP contribution in [0.4, 0.5) is 17.1 Å². The first-order chi connectivity index (χ1) is 35.1. The predicted octanol–water partition coefficient (Wildman–Crippen LogP) is 17.2. The van der Waals surface area contributed by atoms with E-state index in [1.165, 1.54) is 106 Å². The number of hydrogen-bond donors (Lipinski definition) is 0. The highest BCUT2D eigenvalue weighted by Crippen LogP contribution is 2.53. The van der Waals surface area contributed by atoms with Crippen molar-refractivity contribution < 1.29 is 0 Å². The van der Waals surface area contributed by atoms with E-state index < -0.39 is 0 Å². The quantitative estimate of drug-likeness (QED) is 0.161. The molecule has 368 valence electrons. The first-order valence-electron chi connectivity index (χ1n) is 26.7. The van der Waals surface area contributed by atoms with Crippen molar-refractivity contribution in [2.45, 2.75) is 119 Å². The van der Waals surface area contributed by atoms with E-state index in [2.05, 4.69) is 275 Å². The summed E-state index contributed by atoms with van der Waals surface area (Å²) in [5.41, 5.74) is 26.5. The van der Waals surface area contributed by atoms with Crippen molar-refractivity contribution in [3.63, 3.8) is 0 Å². The molecule has 0 bridgehead atoms. The van der Waals surface area contributed by atoms with Gasteiger partial charge in [-0.05, 0) is 139 Å². The van der Waals surface area contributed by atoms with Gasteiger partial charge in [-0.25, -0.2) is 4.98 Å². The van der Waals surface area contributed by atoms with Crippen LogP contribution in [-0.4, -0.2) is 20.9 Å². The molecule has 12 rings (SSSR count). The molecule has 0 spiro atoms. The third-order valence-corrected chi connectivity index (χ3v) is 16.2. The number of imidazole rings is 1. The molecule has 0 N–H and O–H groups in total. The van der Waals surface area contributed by atoms with Gasteiger partial charge >= 0.3 is 6.85 Å². The Labute approximate surface area is 439 Å². The average molecular weight is 965 g/mol. The van der Waals surface area contributed by atoms with E-state index in [0.717, 1.165) is 28.2 Å². The zero-order valence-electron chi connectivity index (χ0n) is 46.0. The lowest BCUT2D eigenvalue weighted by molar-refractivity contribution is 0.589. The molecule has 2 aliphatic rings. The second kappa shape index (κ2) is 16.6. The molecular formula is C69H69BN4. The Morgan fingerprint density at radius 2 is 0.986 bits per heavy atom. The van der Waals surface area contributed by atoms with Crippen LogP contribution < -0.4 is 15.8 Å². The Morgan fingerprint density at radius 3 is 1.55 bits per heavy atom. The van der Waals surface area contributed by atoms with E-state index in [4.69, 9.17) is 4.98 Å². The van der Waals surface area contributed by atoms with Crippen molar-refractivity contribution in [2.24, 2.45) is 0 Å². The summed E-state index contributed by atoms with van der Waals surface area (Å²) in [6, 6.07) is 62.6. The highest BCUT2D eigenvalue weighted by Gasteiger charge is 2.46. The van der Waals surface area contributed by atoms with Crippen LogP contribution in [0.1, 0.15) is 116 Å². The van der Waals surface area contributed by atoms with Crippen LogP contribution in [-0.2, 0) is 21.7 Å². The van der Waals surface area contributed by atoms with Crippen molar-refractivity contribution >= 4 is 56.8 Å². The van der Waals surface area contributed by atoms with E-state index >= 15 is 0 Å². The molecule has 8 aromatic carbocycles. The molecule has 0 atom stereocenters. The van der Waals surface area contributed by atoms with Gasteiger partial charge in [-0.2, -0.15) is 0 Å². The number of benzene rings is 8. The average Bonchev–Trinajstić information content (AvgIpc) is 3.96. The smallest absolute Gasteiger partial charge is 0.333 e. The third-order valence-electron chi connectivity index (χ3n) is 16.2. The summed E-state index contributed by atoms with van der Waals surface area (Å²) in [5, 5.41) is 1.22. The van der Waals surface area contributed by atoms with Crippen LogP contribution in [0.15, 0.2) is 164 Å². The Hall–Kier alpha value is -7.37. The molecule has 0 fully saturated rings. The summed E-state index contributed by atoms with van der Waals surface area (Å²) >= 11 is 0. The van der Waals surface area contributed by atoms with Gasteiger partial charge in [0.15, 0.2) is 0 Å². The third kappa shape index (κ3) is 7.43. The fourth-order valence-electron chi connectivity index (χ4n) is 12.1. The maximum Gasteiger partial charge on any atom is 0.333 e. The maximum absolute atomic E-state index is 6.06.